The van der Waals surface area contributed by atoms with Crippen LogP contribution in [0.4, 0.5) is 4.39 Å². The van der Waals surface area contributed by atoms with Crippen LogP contribution in [0.25, 0.3) is 0 Å². The van der Waals surface area contributed by atoms with E-state index >= 15 is 0 Å². The van der Waals surface area contributed by atoms with E-state index in [4.69, 9.17) is 4.74 Å². The zero-order chi connectivity index (χ0) is 17.6. The first-order valence-electron chi connectivity index (χ1n) is 8.87. The minimum atomic E-state index is -0.244. The van der Waals surface area contributed by atoms with Gasteiger partial charge in [-0.05, 0) is 49.1 Å². The van der Waals surface area contributed by atoms with Crippen molar-refractivity contribution in [3.05, 3.63) is 60.2 Å². The number of carbonyl (C=O) groups excluding carboxylic acids is 1. The third kappa shape index (κ3) is 4.69. The van der Waals surface area contributed by atoms with Crippen molar-refractivity contribution < 1.29 is 13.9 Å². The predicted molar refractivity (Wildman–Crippen MR) is 94.6 cm³/mol. The SMILES string of the molecule is CN(C(=O)CCCn1cccc1)[C@@H]1CCO[C@@H](c2ccc(F)cc2)C1. The van der Waals surface area contributed by atoms with Crippen LogP contribution in [0.15, 0.2) is 48.8 Å². The number of ether oxygens (including phenoxy) is 1. The summed E-state index contributed by atoms with van der Waals surface area (Å²) in [5, 5.41) is 0. The molecule has 1 aliphatic heterocycles. The fourth-order valence-corrected chi connectivity index (χ4v) is 3.35. The highest BCUT2D eigenvalue weighted by molar-refractivity contribution is 5.76. The van der Waals surface area contributed by atoms with Crippen LogP contribution in [0.3, 0.4) is 0 Å². The summed E-state index contributed by atoms with van der Waals surface area (Å²) in [7, 11) is 1.88. The van der Waals surface area contributed by atoms with Crippen molar-refractivity contribution in [2.24, 2.45) is 0 Å². The summed E-state index contributed by atoms with van der Waals surface area (Å²) in [6, 6.07) is 10.6. The maximum absolute atomic E-state index is 13.1. The molecule has 1 aromatic carbocycles. The lowest BCUT2D eigenvalue weighted by Gasteiger charge is -2.35. The number of aryl methyl sites for hydroxylation is 1. The van der Waals surface area contributed by atoms with E-state index in [-0.39, 0.29) is 23.9 Å². The number of halogens is 1. The summed E-state index contributed by atoms with van der Waals surface area (Å²) in [6.07, 6.45) is 6.94. The summed E-state index contributed by atoms with van der Waals surface area (Å²) in [6.45, 7) is 1.48. The van der Waals surface area contributed by atoms with Gasteiger partial charge in [-0.1, -0.05) is 12.1 Å². The molecule has 25 heavy (non-hydrogen) atoms. The normalized spacial score (nSPS) is 20.4. The topological polar surface area (TPSA) is 34.5 Å². The number of hydrogen-bond donors (Lipinski definition) is 0. The Kier molecular flexibility index (Phi) is 5.87. The van der Waals surface area contributed by atoms with Gasteiger partial charge in [0.25, 0.3) is 0 Å². The van der Waals surface area contributed by atoms with E-state index in [1.807, 2.05) is 36.5 Å². The van der Waals surface area contributed by atoms with Crippen LogP contribution >= 0.6 is 0 Å². The predicted octanol–water partition coefficient (Wildman–Crippen LogP) is 3.79. The Labute approximate surface area is 148 Å². The van der Waals surface area contributed by atoms with E-state index in [2.05, 4.69) is 4.57 Å². The van der Waals surface area contributed by atoms with Crippen molar-refractivity contribution in [3.63, 3.8) is 0 Å². The van der Waals surface area contributed by atoms with Crippen molar-refractivity contribution in [1.82, 2.24) is 9.47 Å². The number of carbonyl (C=O) groups is 1. The van der Waals surface area contributed by atoms with E-state index in [1.54, 1.807) is 12.1 Å². The zero-order valence-corrected chi connectivity index (χ0v) is 14.6. The first-order chi connectivity index (χ1) is 12.1. The van der Waals surface area contributed by atoms with Gasteiger partial charge in [-0.15, -0.1) is 0 Å². The summed E-state index contributed by atoms with van der Waals surface area (Å²) in [5.74, 6) is -0.0667. The molecular weight excluding hydrogens is 319 g/mol. The molecule has 0 N–H and O–H groups in total. The van der Waals surface area contributed by atoms with Gasteiger partial charge >= 0.3 is 0 Å². The van der Waals surface area contributed by atoms with E-state index in [9.17, 15) is 9.18 Å². The highest BCUT2D eigenvalue weighted by Gasteiger charge is 2.28. The molecule has 2 heterocycles. The molecule has 3 rings (SSSR count). The monoisotopic (exact) mass is 344 g/mol. The van der Waals surface area contributed by atoms with E-state index in [0.29, 0.717) is 13.0 Å². The molecule has 0 bridgehead atoms. The van der Waals surface area contributed by atoms with Crippen LogP contribution in [-0.2, 0) is 16.1 Å². The molecule has 0 aliphatic carbocycles. The lowest BCUT2D eigenvalue weighted by Crippen LogP contribution is -2.41. The molecule has 2 atom stereocenters. The van der Waals surface area contributed by atoms with Crippen LogP contribution in [0.5, 0.6) is 0 Å². The van der Waals surface area contributed by atoms with Gasteiger partial charge in [-0.3, -0.25) is 4.79 Å². The standard InChI is InChI=1S/C20H25FN2O2/c1-22(20(24)5-4-13-23-11-2-3-12-23)18-10-14-25-19(15-18)16-6-8-17(21)9-7-16/h2-3,6-9,11-12,18-19H,4-5,10,13-15H2,1H3/t18-,19-/m1/s1. The molecule has 1 aromatic heterocycles. The molecule has 0 saturated carbocycles. The molecule has 1 saturated heterocycles. The molecule has 5 heteroatoms. The highest BCUT2D eigenvalue weighted by Crippen LogP contribution is 2.30. The second kappa shape index (κ2) is 8.30. The fourth-order valence-electron chi connectivity index (χ4n) is 3.35. The molecule has 134 valence electrons. The van der Waals surface area contributed by atoms with Gasteiger partial charge in [-0.2, -0.15) is 0 Å². The van der Waals surface area contributed by atoms with Crippen LogP contribution < -0.4 is 0 Å². The molecule has 1 aliphatic rings. The van der Waals surface area contributed by atoms with E-state index in [0.717, 1.165) is 31.4 Å². The third-order valence-electron chi connectivity index (χ3n) is 4.91. The van der Waals surface area contributed by atoms with Crippen molar-refractivity contribution in [3.8, 4) is 0 Å². The minimum absolute atomic E-state index is 0.0746. The Morgan fingerprint density at radius 1 is 1.28 bits per heavy atom. The molecule has 0 radical (unpaired) electrons. The first-order valence-corrected chi connectivity index (χ1v) is 8.87. The average Bonchev–Trinajstić information content (AvgIpc) is 3.15. The minimum Gasteiger partial charge on any atom is -0.373 e. The van der Waals surface area contributed by atoms with Gasteiger partial charge in [-0.25, -0.2) is 4.39 Å². The Morgan fingerprint density at radius 3 is 2.72 bits per heavy atom. The molecule has 1 amide bonds. The fraction of sp³-hybridized carbons (Fsp3) is 0.450. The zero-order valence-electron chi connectivity index (χ0n) is 14.6. The molecule has 0 unspecified atom stereocenters. The molecule has 0 spiro atoms. The Morgan fingerprint density at radius 2 is 2.00 bits per heavy atom. The largest absolute Gasteiger partial charge is 0.373 e. The lowest BCUT2D eigenvalue weighted by atomic mass is 9.96. The van der Waals surface area contributed by atoms with Gasteiger partial charge in [0.05, 0.1) is 6.10 Å². The number of rotatable bonds is 6. The van der Waals surface area contributed by atoms with Gasteiger partial charge < -0.3 is 14.2 Å². The van der Waals surface area contributed by atoms with Crippen molar-refractivity contribution >= 4 is 5.91 Å². The Hall–Kier alpha value is -2.14. The number of amides is 1. The first kappa shape index (κ1) is 17.7. The maximum atomic E-state index is 13.1. The second-order valence-electron chi connectivity index (χ2n) is 6.62. The molecule has 2 aromatic rings. The third-order valence-corrected chi connectivity index (χ3v) is 4.91. The number of aromatic nitrogens is 1. The van der Waals surface area contributed by atoms with Crippen LogP contribution in [-0.4, -0.2) is 35.1 Å². The van der Waals surface area contributed by atoms with E-state index in [1.165, 1.54) is 12.1 Å². The summed E-state index contributed by atoms with van der Waals surface area (Å²) >= 11 is 0. The second-order valence-corrected chi connectivity index (χ2v) is 6.62. The number of nitrogens with zero attached hydrogens (tertiary/aromatic N) is 2. The van der Waals surface area contributed by atoms with E-state index < -0.39 is 0 Å². The van der Waals surface area contributed by atoms with Gasteiger partial charge in [0.2, 0.25) is 5.91 Å². The van der Waals surface area contributed by atoms with Crippen molar-refractivity contribution in [2.45, 2.75) is 44.4 Å². The van der Waals surface area contributed by atoms with Gasteiger partial charge in [0.1, 0.15) is 5.82 Å². The summed E-state index contributed by atoms with van der Waals surface area (Å²) in [4.78, 5) is 14.4. The smallest absolute Gasteiger partial charge is 0.222 e. The van der Waals surface area contributed by atoms with Crippen LogP contribution in [0, 0.1) is 5.82 Å². The van der Waals surface area contributed by atoms with Crippen molar-refractivity contribution in [2.75, 3.05) is 13.7 Å². The molecule has 4 nitrogen and oxygen atoms in total. The highest BCUT2D eigenvalue weighted by atomic mass is 19.1. The number of hydrogen-bond acceptors (Lipinski definition) is 2. The van der Waals surface area contributed by atoms with Crippen molar-refractivity contribution in [1.29, 1.82) is 0 Å². The lowest BCUT2D eigenvalue weighted by molar-refractivity contribution is -0.135. The summed E-state index contributed by atoms with van der Waals surface area (Å²) in [5.41, 5.74) is 0.972. The van der Waals surface area contributed by atoms with Gasteiger partial charge in [0, 0.05) is 45.1 Å². The Balaban J connectivity index is 1.51. The van der Waals surface area contributed by atoms with Gasteiger partial charge in [0.15, 0.2) is 0 Å². The molecular formula is C20H25FN2O2. The number of benzene rings is 1. The Bertz CT molecular complexity index is 670. The maximum Gasteiger partial charge on any atom is 0.222 e. The average molecular weight is 344 g/mol. The van der Waals surface area contributed by atoms with Crippen LogP contribution in [0.1, 0.15) is 37.4 Å². The van der Waals surface area contributed by atoms with Crippen LogP contribution in [0.2, 0.25) is 0 Å². The quantitative estimate of drug-likeness (QED) is 0.799. The summed E-state index contributed by atoms with van der Waals surface area (Å²) < 4.78 is 21.0. The molecule has 1 fully saturated rings.